The number of hydrogen-bond acceptors (Lipinski definition) is 18. The lowest BCUT2D eigenvalue weighted by molar-refractivity contribution is -0.170. The summed E-state index contributed by atoms with van der Waals surface area (Å²) in [4.78, 5) is 46.7. The first-order chi connectivity index (χ1) is 21.9. The first kappa shape index (κ1) is 31.8. The molecule has 0 aliphatic carbocycles. The van der Waals surface area contributed by atoms with Crippen LogP contribution in [0.1, 0.15) is 5.37 Å². The maximum absolute atomic E-state index is 12.3. The second kappa shape index (κ2) is 11.4. The zero-order valence-electron chi connectivity index (χ0n) is 22.9. The minimum Gasteiger partial charge on any atom is -0.508 e. The first-order valence-electron chi connectivity index (χ1n) is 13.0. The number of imidazole rings is 2. The number of aromatic nitrogens is 8. The number of anilines is 2. The van der Waals surface area contributed by atoms with Gasteiger partial charge in [-0.1, -0.05) is 11.8 Å². The van der Waals surface area contributed by atoms with Crippen molar-refractivity contribution >= 4 is 83.9 Å². The summed E-state index contributed by atoms with van der Waals surface area (Å²) in [6.07, 6.45) is 1.41. The molecule has 2 saturated heterocycles. The molecule has 2 fully saturated rings. The number of nitrogens with one attached hydrogen (secondary N) is 1. The van der Waals surface area contributed by atoms with Crippen LogP contribution < -0.4 is 17.0 Å². The van der Waals surface area contributed by atoms with Gasteiger partial charge in [0, 0.05) is 0 Å². The molecule has 4 aromatic rings. The third kappa shape index (κ3) is 5.02. The van der Waals surface area contributed by atoms with E-state index in [1.165, 1.54) is 28.1 Å². The number of rotatable bonds is 10. The van der Waals surface area contributed by atoms with E-state index >= 15 is 0 Å². The Balaban J connectivity index is 1.16. The molecule has 7 unspecified atom stereocenters. The first-order valence-corrected chi connectivity index (χ1v) is 18.8. The highest BCUT2D eigenvalue weighted by Gasteiger charge is 2.71. The number of fused-ring (bicyclic) bond motifs is 4. The lowest BCUT2D eigenvalue weighted by atomic mass is 9.97. The molecule has 0 spiro atoms. The van der Waals surface area contributed by atoms with Crippen LogP contribution in [0.4, 0.5) is 11.8 Å². The third-order valence-corrected chi connectivity index (χ3v) is 11.2. The second-order valence-electron chi connectivity index (χ2n) is 10.3. The van der Waals surface area contributed by atoms with Crippen molar-refractivity contribution in [1.82, 2.24) is 39.0 Å². The molecular weight excluding hydrogens is 710 g/mol. The monoisotopic (exact) mass is 733 g/mol. The number of nitrogen functional groups attached to an aromatic ring is 2. The van der Waals surface area contributed by atoms with Gasteiger partial charge in [0.05, 0.1) is 44.0 Å². The Morgan fingerprint density at radius 1 is 1.22 bits per heavy atom. The molecule has 3 aliphatic heterocycles. The van der Waals surface area contributed by atoms with Gasteiger partial charge in [-0.25, -0.2) is 19.9 Å². The van der Waals surface area contributed by atoms with Crippen molar-refractivity contribution in [3.8, 4) is 0 Å². The van der Waals surface area contributed by atoms with Crippen molar-refractivity contribution in [2.24, 2.45) is 0 Å². The summed E-state index contributed by atoms with van der Waals surface area (Å²) in [5, 5.41) is 19.8. The quantitative estimate of drug-likeness (QED) is 0.0845. The lowest BCUT2D eigenvalue weighted by Crippen LogP contribution is -2.48. The number of nitrogens with two attached hydrogens (primary N) is 2. The van der Waals surface area contributed by atoms with E-state index in [0.717, 1.165) is 11.8 Å². The largest absolute Gasteiger partial charge is 0.582 e. The summed E-state index contributed by atoms with van der Waals surface area (Å²) in [6, 6.07) is 0. The molecule has 244 valence electrons. The van der Waals surface area contributed by atoms with Gasteiger partial charge in [-0.2, -0.15) is 4.98 Å². The van der Waals surface area contributed by atoms with E-state index < -0.39 is 67.4 Å². The molecule has 4 aromatic heterocycles. The van der Waals surface area contributed by atoms with Crippen LogP contribution in [0, 0.1) is 0 Å². The number of nitrogens with zero attached hydrogens (tertiary/aromatic N) is 7. The fourth-order valence-electron chi connectivity index (χ4n) is 5.59. The summed E-state index contributed by atoms with van der Waals surface area (Å²) in [7, 11) is -2.51. The molecule has 2 bridgehead atoms. The SMILES string of the molecule is Nc1nc2c(ncn2C2SC(CO)=C(O)C2OP(O)(=S)OCC23COC(n4cnc5c(N)ncnc54)(CO2)C3O[P+](=O)S)c(=O)[nH]1. The zero-order chi connectivity index (χ0) is 32.6. The van der Waals surface area contributed by atoms with Crippen molar-refractivity contribution in [1.29, 1.82) is 0 Å². The van der Waals surface area contributed by atoms with Crippen molar-refractivity contribution in [3.63, 3.8) is 0 Å². The lowest BCUT2D eigenvalue weighted by Gasteiger charge is -2.30. The number of aliphatic hydroxyl groups excluding tert-OH is 2. The maximum Gasteiger partial charge on any atom is 0.582 e. The number of ether oxygens (including phenoxy) is 2. The van der Waals surface area contributed by atoms with Crippen molar-refractivity contribution in [3.05, 3.63) is 40.0 Å². The smallest absolute Gasteiger partial charge is 0.508 e. The highest BCUT2D eigenvalue weighted by Crippen LogP contribution is 2.57. The molecule has 0 saturated carbocycles. The molecule has 0 amide bonds. The normalized spacial score (nSPS) is 29.3. The molecule has 25 heteroatoms. The number of thioether (sulfide) groups is 1. The van der Waals surface area contributed by atoms with E-state index in [2.05, 4.69) is 42.2 Å². The Kier molecular flexibility index (Phi) is 7.90. The van der Waals surface area contributed by atoms with Crippen LogP contribution >= 0.6 is 38.0 Å². The minimum absolute atomic E-state index is 0.0410. The topological polar surface area (TPSA) is 283 Å². The summed E-state index contributed by atoms with van der Waals surface area (Å²) in [5.74, 6) is -0.480. The van der Waals surface area contributed by atoms with Crippen molar-refractivity contribution in [2.75, 3.05) is 37.9 Å². The van der Waals surface area contributed by atoms with Gasteiger partial charge in [0.25, 0.3) is 5.56 Å². The molecule has 7 rings (SSSR count). The molecule has 8 N–H and O–H groups in total. The number of hydrogen-bond donors (Lipinski definition) is 7. The molecule has 0 radical (unpaired) electrons. The predicted molar refractivity (Wildman–Crippen MR) is 167 cm³/mol. The fraction of sp³-hybridized carbons (Fsp3) is 0.429. The number of H-pyrrole nitrogens is 1. The summed E-state index contributed by atoms with van der Waals surface area (Å²) in [6.45, 7) is -5.61. The molecule has 7 atom stereocenters. The van der Waals surface area contributed by atoms with E-state index in [1.54, 1.807) is 0 Å². The van der Waals surface area contributed by atoms with Crippen LogP contribution in [0.5, 0.6) is 0 Å². The molecule has 46 heavy (non-hydrogen) atoms. The van der Waals surface area contributed by atoms with Gasteiger partial charge in [-0.3, -0.25) is 23.4 Å². The highest BCUT2D eigenvalue weighted by atomic mass is 32.7. The number of thiol groups is 1. The maximum atomic E-state index is 12.3. The Hall–Kier alpha value is -2.79. The molecular formula is C21H23N10O10P2S3+. The fourth-order valence-corrected chi connectivity index (χ4v) is 9.06. The van der Waals surface area contributed by atoms with Gasteiger partial charge in [-0.05, 0) is 16.4 Å². The Morgan fingerprint density at radius 3 is 2.72 bits per heavy atom. The van der Waals surface area contributed by atoms with Gasteiger partial charge in [0.15, 0.2) is 40.4 Å². The average Bonchev–Trinajstić information content (AvgIpc) is 3.81. The van der Waals surface area contributed by atoms with Crippen LogP contribution in [0.15, 0.2) is 34.4 Å². The Bertz CT molecular complexity index is 2030. The van der Waals surface area contributed by atoms with Crippen LogP contribution in [0.25, 0.3) is 22.3 Å². The van der Waals surface area contributed by atoms with Gasteiger partial charge in [0.2, 0.25) is 11.7 Å². The summed E-state index contributed by atoms with van der Waals surface area (Å²) in [5.41, 5.74) is 8.78. The third-order valence-electron chi connectivity index (χ3n) is 7.65. The van der Waals surface area contributed by atoms with Crippen LogP contribution in [0.2, 0.25) is 0 Å². The predicted octanol–water partition coefficient (Wildman–Crippen LogP) is 0.174. The summed E-state index contributed by atoms with van der Waals surface area (Å²) >= 11 is 10.2. The second-order valence-corrected chi connectivity index (χ2v) is 15.9. The van der Waals surface area contributed by atoms with Crippen molar-refractivity contribution < 1.29 is 42.7 Å². The van der Waals surface area contributed by atoms with Crippen molar-refractivity contribution in [2.45, 2.75) is 28.9 Å². The Morgan fingerprint density at radius 2 is 2.00 bits per heavy atom. The van der Waals surface area contributed by atoms with Gasteiger partial charge >= 0.3 is 13.9 Å². The molecule has 7 heterocycles. The van der Waals surface area contributed by atoms with Crippen LogP contribution in [-0.2, 0) is 45.1 Å². The average molecular weight is 734 g/mol. The molecule has 20 nitrogen and oxygen atoms in total. The van der Waals surface area contributed by atoms with Crippen LogP contribution in [-0.4, -0.2) is 98.4 Å². The van der Waals surface area contributed by atoms with E-state index in [4.69, 9.17) is 46.3 Å². The molecule has 0 aromatic carbocycles. The molecule has 3 aliphatic rings. The standard InChI is InChI=1S/C21H22N10O10P2S3/c22-13-9-14(25-5-24-13)31(7-27-9)21-4-37-20(2-38-21,18(21)40-42(35)44)3-39-43(36,45)41-12-11(33)8(1-32)46-17(12)30-6-26-10-15(30)28-19(23)29-16(10)34/h5-7,12,17-18,32H,1-4H2,(H7-,22,23,24,25,28,29,33,34,35,36,44,45)/p+1. The number of aliphatic hydroxyl groups is 2. The summed E-state index contributed by atoms with van der Waals surface area (Å²) < 4.78 is 44.8. The van der Waals surface area contributed by atoms with E-state index in [0.29, 0.717) is 11.2 Å². The number of aromatic amines is 1. The van der Waals surface area contributed by atoms with Gasteiger partial charge in [0.1, 0.15) is 35.2 Å². The van der Waals surface area contributed by atoms with E-state index in [-0.39, 0.29) is 41.0 Å². The minimum atomic E-state index is -4.25. The van der Waals surface area contributed by atoms with Gasteiger partial charge in [-0.15, -0.1) is 4.52 Å². The Labute approximate surface area is 271 Å². The van der Waals surface area contributed by atoms with Crippen LogP contribution in [0.3, 0.4) is 0 Å². The van der Waals surface area contributed by atoms with E-state index in [9.17, 15) is 24.5 Å². The van der Waals surface area contributed by atoms with Gasteiger partial charge < -0.3 is 40.6 Å². The highest BCUT2D eigenvalue weighted by molar-refractivity contribution is 8.39. The van der Waals surface area contributed by atoms with E-state index in [1.807, 2.05) is 0 Å². The zero-order valence-corrected chi connectivity index (χ0v) is 27.3.